The summed E-state index contributed by atoms with van der Waals surface area (Å²) in [5.74, 6) is -0.515. The molecule has 1 N–H and O–H groups in total. The van der Waals surface area contributed by atoms with Gasteiger partial charge in [-0.1, -0.05) is 42.0 Å². The number of esters is 1. The van der Waals surface area contributed by atoms with E-state index in [0.717, 1.165) is 30.5 Å². The second kappa shape index (κ2) is 10.3. The first-order chi connectivity index (χ1) is 14.5. The summed E-state index contributed by atoms with van der Waals surface area (Å²) < 4.78 is 7.20. The van der Waals surface area contributed by atoms with Gasteiger partial charge in [0.25, 0.3) is 5.91 Å². The van der Waals surface area contributed by atoms with Crippen molar-refractivity contribution in [1.29, 1.82) is 0 Å². The van der Waals surface area contributed by atoms with Crippen molar-refractivity contribution in [3.05, 3.63) is 70.1 Å². The smallest absolute Gasteiger partial charge is 0.355 e. The molecule has 1 heterocycles. The molecule has 1 aromatic carbocycles. The first-order valence-corrected chi connectivity index (χ1v) is 10.9. The third-order valence-corrected chi connectivity index (χ3v) is 5.76. The van der Waals surface area contributed by atoms with Gasteiger partial charge in [-0.05, 0) is 64.0 Å². The first-order valence-electron chi connectivity index (χ1n) is 10.9. The van der Waals surface area contributed by atoms with Gasteiger partial charge in [0.05, 0.1) is 12.2 Å². The molecule has 1 amide bonds. The van der Waals surface area contributed by atoms with E-state index in [2.05, 4.69) is 11.4 Å². The standard InChI is InChI=1S/C25H32N2O3/c1-4-30-25(29)23-18(2)22(19(3)27(23)17-21-13-9-6-10-14-21)24(28)26-16-15-20-11-7-5-8-12-20/h6,9-11,13-14H,4-5,7-8,12,15-17H2,1-3H3,(H,26,28). The Bertz CT molecular complexity index is 926. The van der Waals surface area contributed by atoms with E-state index in [9.17, 15) is 9.59 Å². The van der Waals surface area contributed by atoms with Crippen LogP contribution in [0.15, 0.2) is 42.0 Å². The zero-order chi connectivity index (χ0) is 21.5. The molecule has 1 aromatic heterocycles. The quantitative estimate of drug-likeness (QED) is 0.497. The van der Waals surface area contributed by atoms with E-state index in [1.807, 2.05) is 48.7 Å². The second-order valence-corrected chi connectivity index (χ2v) is 7.84. The summed E-state index contributed by atoms with van der Waals surface area (Å²) in [4.78, 5) is 25.7. The lowest BCUT2D eigenvalue weighted by atomic mass is 9.97. The normalized spacial score (nSPS) is 13.6. The van der Waals surface area contributed by atoms with Gasteiger partial charge >= 0.3 is 5.97 Å². The Morgan fingerprint density at radius 1 is 1.13 bits per heavy atom. The summed E-state index contributed by atoms with van der Waals surface area (Å²) in [5.41, 5.74) is 5.00. The van der Waals surface area contributed by atoms with Crippen molar-refractivity contribution >= 4 is 11.9 Å². The summed E-state index contributed by atoms with van der Waals surface area (Å²) in [5, 5.41) is 3.06. The summed E-state index contributed by atoms with van der Waals surface area (Å²) >= 11 is 0. The van der Waals surface area contributed by atoms with E-state index in [1.165, 1.54) is 18.4 Å². The number of nitrogens with zero attached hydrogens (tertiary/aromatic N) is 1. The summed E-state index contributed by atoms with van der Waals surface area (Å²) in [6.07, 6.45) is 7.98. The van der Waals surface area contributed by atoms with E-state index < -0.39 is 0 Å². The molecule has 0 unspecified atom stereocenters. The number of hydrogen-bond acceptors (Lipinski definition) is 3. The molecule has 0 fully saturated rings. The van der Waals surface area contributed by atoms with Gasteiger partial charge in [0.2, 0.25) is 0 Å². The topological polar surface area (TPSA) is 60.3 Å². The average Bonchev–Trinajstić information content (AvgIpc) is 2.99. The molecule has 3 rings (SSSR count). The fraction of sp³-hybridized carbons (Fsp3) is 0.440. The van der Waals surface area contributed by atoms with Gasteiger partial charge in [0.15, 0.2) is 0 Å². The number of ether oxygens (including phenoxy) is 1. The van der Waals surface area contributed by atoms with Crippen LogP contribution in [0.2, 0.25) is 0 Å². The van der Waals surface area contributed by atoms with Crippen LogP contribution in [0.4, 0.5) is 0 Å². The van der Waals surface area contributed by atoms with Gasteiger partial charge in [0, 0.05) is 18.8 Å². The fourth-order valence-electron chi connectivity index (χ4n) is 4.21. The highest BCUT2D eigenvalue weighted by Gasteiger charge is 2.27. The maximum Gasteiger partial charge on any atom is 0.355 e. The summed E-state index contributed by atoms with van der Waals surface area (Å²) in [6.45, 7) is 6.95. The molecule has 0 aliphatic heterocycles. The van der Waals surface area contributed by atoms with Crippen molar-refractivity contribution in [2.45, 2.75) is 59.4 Å². The zero-order valence-electron chi connectivity index (χ0n) is 18.3. The van der Waals surface area contributed by atoms with E-state index in [1.54, 1.807) is 6.92 Å². The molecule has 5 heteroatoms. The van der Waals surface area contributed by atoms with Crippen molar-refractivity contribution in [1.82, 2.24) is 9.88 Å². The summed E-state index contributed by atoms with van der Waals surface area (Å²) in [7, 11) is 0. The van der Waals surface area contributed by atoms with Crippen molar-refractivity contribution < 1.29 is 14.3 Å². The predicted molar refractivity (Wildman–Crippen MR) is 119 cm³/mol. The molecule has 0 atom stereocenters. The predicted octanol–water partition coefficient (Wildman–Crippen LogP) is 4.95. The highest BCUT2D eigenvalue weighted by Crippen LogP contribution is 2.25. The molecule has 1 aliphatic carbocycles. The lowest BCUT2D eigenvalue weighted by Crippen LogP contribution is -2.26. The highest BCUT2D eigenvalue weighted by atomic mass is 16.5. The van der Waals surface area contributed by atoms with E-state index >= 15 is 0 Å². The van der Waals surface area contributed by atoms with Crippen LogP contribution in [0.25, 0.3) is 0 Å². The number of amides is 1. The van der Waals surface area contributed by atoms with Gasteiger partial charge in [-0.3, -0.25) is 4.79 Å². The molecule has 1 aliphatic rings. The number of nitrogens with one attached hydrogen (secondary N) is 1. The van der Waals surface area contributed by atoms with Crippen molar-refractivity contribution in [3.8, 4) is 0 Å². The molecular weight excluding hydrogens is 376 g/mol. The molecule has 0 spiro atoms. The fourth-order valence-corrected chi connectivity index (χ4v) is 4.21. The van der Waals surface area contributed by atoms with Crippen LogP contribution in [0.3, 0.4) is 0 Å². The third-order valence-electron chi connectivity index (χ3n) is 5.76. The minimum Gasteiger partial charge on any atom is -0.461 e. The molecule has 0 bridgehead atoms. The van der Waals surface area contributed by atoms with Crippen LogP contribution >= 0.6 is 0 Å². The average molecular weight is 409 g/mol. The monoisotopic (exact) mass is 408 g/mol. The Balaban J connectivity index is 1.84. The van der Waals surface area contributed by atoms with Gasteiger partial charge in [0.1, 0.15) is 5.69 Å². The number of benzene rings is 1. The van der Waals surface area contributed by atoms with E-state index in [0.29, 0.717) is 36.5 Å². The molecule has 5 nitrogen and oxygen atoms in total. The Morgan fingerprint density at radius 3 is 2.57 bits per heavy atom. The molecular formula is C25H32N2O3. The van der Waals surface area contributed by atoms with Gasteiger partial charge in [-0.25, -0.2) is 4.79 Å². The minimum absolute atomic E-state index is 0.126. The number of hydrogen-bond donors (Lipinski definition) is 1. The number of aromatic nitrogens is 1. The number of allylic oxidation sites excluding steroid dienone is 1. The minimum atomic E-state index is -0.388. The molecule has 0 saturated carbocycles. The Morgan fingerprint density at radius 2 is 1.90 bits per heavy atom. The van der Waals surface area contributed by atoms with Crippen LogP contribution in [0, 0.1) is 13.8 Å². The molecule has 0 saturated heterocycles. The van der Waals surface area contributed by atoms with E-state index in [4.69, 9.17) is 4.74 Å². The lowest BCUT2D eigenvalue weighted by Gasteiger charge is -2.13. The van der Waals surface area contributed by atoms with Gasteiger partial charge in [-0.2, -0.15) is 0 Å². The lowest BCUT2D eigenvalue weighted by molar-refractivity contribution is 0.0513. The molecule has 160 valence electrons. The van der Waals surface area contributed by atoms with Gasteiger partial charge < -0.3 is 14.6 Å². The molecule has 0 radical (unpaired) electrons. The largest absolute Gasteiger partial charge is 0.461 e. The van der Waals surface area contributed by atoms with Gasteiger partial charge in [-0.15, -0.1) is 0 Å². The summed E-state index contributed by atoms with van der Waals surface area (Å²) in [6, 6.07) is 9.93. The Kier molecular flexibility index (Phi) is 7.50. The number of carbonyl (C=O) groups is 2. The van der Waals surface area contributed by atoms with E-state index in [-0.39, 0.29) is 11.9 Å². The second-order valence-electron chi connectivity index (χ2n) is 7.84. The number of rotatable bonds is 8. The maximum absolute atomic E-state index is 13.0. The Hall–Kier alpha value is -2.82. The van der Waals surface area contributed by atoms with Crippen LogP contribution in [-0.4, -0.2) is 29.6 Å². The SMILES string of the molecule is CCOC(=O)c1c(C)c(C(=O)NCCC2=CCCCC2)c(C)n1Cc1ccccc1. The highest BCUT2D eigenvalue weighted by molar-refractivity contribution is 6.01. The Labute approximate surface area is 179 Å². The first kappa shape index (κ1) is 21.9. The maximum atomic E-state index is 13.0. The van der Waals surface area contributed by atoms with Crippen LogP contribution in [0.1, 0.15) is 76.7 Å². The third kappa shape index (κ3) is 5.02. The van der Waals surface area contributed by atoms with Crippen molar-refractivity contribution in [3.63, 3.8) is 0 Å². The van der Waals surface area contributed by atoms with Crippen molar-refractivity contribution in [2.75, 3.05) is 13.2 Å². The molecule has 30 heavy (non-hydrogen) atoms. The zero-order valence-corrected chi connectivity index (χ0v) is 18.3. The van der Waals surface area contributed by atoms with Crippen LogP contribution in [0.5, 0.6) is 0 Å². The van der Waals surface area contributed by atoms with Crippen molar-refractivity contribution in [2.24, 2.45) is 0 Å². The molecule has 2 aromatic rings. The number of carbonyl (C=O) groups excluding carboxylic acids is 2. The van der Waals surface area contributed by atoms with Crippen LogP contribution in [-0.2, 0) is 11.3 Å². The van der Waals surface area contributed by atoms with Crippen LogP contribution < -0.4 is 5.32 Å².